The molecule has 0 fully saturated rings. The number of aryl methyl sites for hydroxylation is 1. The molecule has 96 valence electrons. The van der Waals surface area contributed by atoms with Crippen LogP contribution in [0.5, 0.6) is 5.75 Å². The largest absolute Gasteiger partial charge is 0.492 e. The summed E-state index contributed by atoms with van der Waals surface area (Å²) in [5, 5.41) is 12.6. The van der Waals surface area contributed by atoms with Gasteiger partial charge in [0.2, 0.25) is 0 Å². The van der Waals surface area contributed by atoms with Crippen molar-refractivity contribution in [2.75, 3.05) is 6.61 Å². The zero-order valence-electron chi connectivity index (χ0n) is 10.7. The lowest BCUT2D eigenvalue weighted by atomic mass is 9.79. The Hall–Kier alpha value is -1.86. The zero-order chi connectivity index (χ0) is 13.3. The van der Waals surface area contributed by atoms with Gasteiger partial charge in [-0.25, -0.2) is 4.98 Å². The van der Waals surface area contributed by atoms with Crippen LogP contribution in [0.1, 0.15) is 16.3 Å². The van der Waals surface area contributed by atoms with Crippen LogP contribution in [0.25, 0.3) is 0 Å². The highest BCUT2D eigenvalue weighted by Gasteiger charge is 2.37. The number of rotatable bonds is 2. The average Bonchev–Trinajstić information content (AvgIpc) is 2.84. The lowest BCUT2D eigenvalue weighted by Gasteiger charge is -2.31. The average molecular weight is 270 g/mol. The molecule has 0 bridgehead atoms. The molecule has 2 aromatic rings. The fourth-order valence-electron chi connectivity index (χ4n) is 2.42. The van der Waals surface area contributed by atoms with Crippen LogP contribution in [0.2, 0.25) is 0 Å². The number of fused-ring (bicyclic) bond motifs is 1. The minimum absolute atomic E-state index is 0.444. The van der Waals surface area contributed by atoms with E-state index in [4.69, 9.17) is 4.74 Å². The third-order valence-electron chi connectivity index (χ3n) is 3.40. The molecule has 1 aromatic carbocycles. The molecule has 1 atom stereocenters. The highest BCUT2D eigenvalue weighted by molar-refractivity contribution is 7.09. The van der Waals surface area contributed by atoms with Crippen LogP contribution < -0.4 is 4.74 Å². The predicted octanol–water partition coefficient (Wildman–Crippen LogP) is 3.14. The summed E-state index contributed by atoms with van der Waals surface area (Å²) in [6.45, 7) is 2.42. The number of nitrogens with zero attached hydrogens (tertiary/aromatic N) is 2. The number of hydrogen-bond acceptors (Lipinski definition) is 4. The van der Waals surface area contributed by atoms with Gasteiger partial charge in [0.15, 0.2) is 0 Å². The number of aromatic nitrogens is 1. The van der Waals surface area contributed by atoms with Crippen molar-refractivity contribution in [3.63, 3.8) is 0 Å². The van der Waals surface area contributed by atoms with Crippen LogP contribution in [0.3, 0.4) is 0 Å². The fourth-order valence-corrected chi connectivity index (χ4v) is 3.34. The zero-order valence-corrected chi connectivity index (χ0v) is 11.5. The predicted molar refractivity (Wildman–Crippen MR) is 74.2 cm³/mol. The molecule has 1 aliphatic rings. The van der Waals surface area contributed by atoms with E-state index in [2.05, 4.69) is 11.1 Å². The van der Waals surface area contributed by atoms with Gasteiger partial charge in [-0.1, -0.05) is 18.2 Å². The van der Waals surface area contributed by atoms with Gasteiger partial charge < -0.3 is 4.74 Å². The SMILES string of the molecule is Cc1csc(CC2(C#N)COc3ccccc3C2)n1. The van der Waals surface area contributed by atoms with Gasteiger partial charge in [-0.05, 0) is 25.0 Å². The normalized spacial score (nSPS) is 21.3. The Morgan fingerprint density at radius 3 is 3.05 bits per heavy atom. The molecule has 0 radical (unpaired) electrons. The maximum absolute atomic E-state index is 9.58. The van der Waals surface area contributed by atoms with E-state index in [1.807, 2.05) is 36.6 Å². The topological polar surface area (TPSA) is 45.9 Å². The minimum atomic E-state index is -0.487. The molecule has 0 amide bonds. The highest BCUT2D eigenvalue weighted by atomic mass is 32.1. The number of nitriles is 1. The lowest BCUT2D eigenvalue weighted by Crippen LogP contribution is -2.35. The first-order valence-electron chi connectivity index (χ1n) is 6.24. The van der Waals surface area contributed by atoms with Gasteiger partial charge in [0.05, 0.1) is 11.1 Å². The van der Waals surface area contributed by atoms with Gasteiger partial charge in [-0.15, -0.1) is 11.3 Å². The Labute approximate surface area is 116 Å². The summed E-state index contributed by atoms with van der Waals surface area (Å²) in [5.74, 6) is 0.906. The molecule has 1 aliphatic heterocycles. The molecule has 0 aliphatic carbocycles. The molecule has 0 saturated carbocycles. The van der Waals surface area contributed by atoms with Crippen LogP contribution in [0.4, 0.5) is 0 Å². The molecule has 2 heterocycles. The van der Waals surface area contributed by atoms with Gasteiger partial charge in [-0.2, -0.15) is 5.26 Å². The number of para-hydroxylation sites is 1. The molecule has 4 heteroatoms. The third-order valence-corrected chi connectivity index (χ3v) is 4.37. The van der Waals surface area contributed by atoms with E-state index in [0.29, 0.717) is 13.0 Å². The molecule has 0 N–H and O–H groups in total. The maximum Gasteiger partial charge on any atom is 0.122 e. The molecule has 0 saturated heterocycles. The molecule has 3 rings (SSSR count). The molecule has 19 heavy (non-hydrogen) atoms. The van der Waals surface area contributed by atoms with E-state index >= 15 is 0 Å². The van der Waals surface area contributed by atoms with Crippen molar-refractivity contribution in [2.24, 2.45) is 5.41 Å². The Kier molecular flexibility index (Phi) is 3.00. The second-order valence-electron chi connectivity index (χ2n) is 5.02. The summed E-state index contributed by atoms with van der Waals surface area (Å²) in [6.07, 6.45) is 1.40. The quantitative estimate of drug-likeness (QED) is 0.842. The second kappa shape index (κ2) is 4.67. The Morgan fingerprint density at radius 2 is 2.32 bits per heavy atom. The van der Waals surface area contributed by atoms with Gasteiger partial charge >= 0.3 is 0 Å². The monoisotopic (exact) mass is 270 g/mol. The molecule has 3 nitrogen and oxygen atoms in total. The summed E-state index contributed by atoms with van der Waals surface area (Å²) in [4.78, 5) is 4.47. The standard InChI is InChI=1S/C15H14N2OS/c1-11-8-19-14(17-11)7-15(9-16)6-12-4-2-3-5-13(12)18-10-15/h2-5,8H,6-7,10H2,1H3. The Morgan fingerprint density at radius 1 is 1.47 bits per heavy atom. The fraction of sp³-hybridized carbons (Fsp3) is 0.333. The van der Waals surface area contributed by atoms with Gasteiger partial charge in [0.1, 0.15) is 17.8 Å². The molecular weight excluding hydrogens is 256 g/mol. The van der Waals surface area contributed by atoms with Crippen molar-refractivity contribution in [3.05, 3.63) is 45.9 Å². The number of thiazole rings is 1. The van der Waals surface area contributed by atoms with E-state index in [0.717, 1.165) is 28.4 Å². The second-order valence-corrected chi connectivity index (χ2v) is 5.97. The van der Waals surface area contributed by atoms with Gasteiger partial charge in [0.25, 0.3) is 0 Å². The van der Waals surface area contributed by atoms with Crippen LogP contribution in [-0.2, 0) is 12.8 Å². The van der Waals surface area contributed by atoms with Crippen molar-refractivity contribution in [1.82, 2.24) is 4.98 Å². The first-order valence-corrected chi connectivity index (χ1v) is 7.12. The number of ether oxygens (including phenoxy) is 1. The summed E-state index contributed by atoms with van der Waals surface area (Å²) < 4.78 is 5.76. The van der Waals surface area contributed by atoms with E-state index < -0.39 is 5.41 Å². The van der Waals surface area contributed by atoms with Crippen LogP contribution in [-0.4, -0.2) is 11.6 Å². The van der Waals surface area contributed by atoms with Crippen molar-refractivity contribution < 1.29 is 4.74 Å². The summed E-state index contributed by atoms with van der Waals surface area (Å²) in [6, 6.07) is 10.4. The lowest BCUT2D eigenvalue weighted by molar-refractivity contribution is 0.169. The van der Waals surface area contributed by atoms with E-state index in [1.54, 1.807) is 11.3 Å². The molecular formula is C15H14N2OS. The first-order chi connectivity index (χ1) is 9.21. The molecule has 0 spiro atoms. The van der Waals surface area contributed by atoms with Crippen LogP contribution in [0, 0.1) is 23.7 Å². The molecule has 1 aromatic heterocycles. The first kappa shape index (κ1) is 12.2. The third kappa shape index (κ3) is 2.34. The van der Waals surface area contributed by atoms with Gasteiger partial charge in [0, 0.05) is 17.5 Å². The number of hydrogen-bond donors (Lipinski definition) is 0. The summed E-state index contributed by atoms with van der Waals surface area (Å²) in [7, 11) is 0. The van der Waals surface area contributed by atoms with Crippen LogP contribution in [0.15, 0.2) is 29.6 Å². The van der Waals surface area contributed by atoms with Crippen molar-refractivity contribution in [3.8, 4) is 11.8 Å². The Balaban J connectivity index is 1.88. The maximum atomic E-state index is 9.58. The van der Waals surface area contributed by atoms with Gasteiger partial charge in [-0.3, -0.25) is 0 Å². The summed E-state index contributed by atoms with van der Waals surface area (Å²) in [5.41, 5.74) is 1.65. The Bertz CT molecular complexity index is 644. The van der Waals surface area contributed by atoms with Crippen molar-refractivity contribution in [1.29, 1.82) is 5.26 Å². The molecule has 1 unspecified atom stereocenters. The van der Waals surface area contributed by atoms with Crippen molar-refractivity contribution in [2.45, 2.75) is 19.8 Å². The van der Waals surface area contributed by atoms with E-state index in [-0.39, 0.29) is 0 Å². The summed E-state index contributed by atoms with van der Waals surface area (Å²) >= 11 is 1.62. The minimum Gasteiger partial charge on any atom is -0.492 e. The van der Waals surface area contributed by atoms with Crippen molar-refractivity contribution >= 4 is 11.3 Å². The number of benzene rings is 1. The van der Waals surface area contributed by atoms with E-state index in [1.165, 1.54) is 0 Å². The highest BCUT2D eigenvalue weighted by Crippen LogP contribution is 2.36. The van der Waals surface area contributed by atoms with Crippen LogP contribution >= 0.6 is 11.3 Å². The van der Waals surface area contributed by atoms with E-state index in [9.17, 15) is 5.26 Å². The smallest absolute Gasteiger partial charge is 0.122 e.